The first-order valence-corrected chi connectivity index (χ1v) is 9.99. The second-order valence-electron chi connectivity index (χ2n) is 6.64. The molecule has 0 atom stereocenters. The lowest BCUT2D eigenvalue weighted by atomic mass is 10.0. The molecule has 0 spiro atoms. The summed E-state index contributed by atoms with van der Waals surface area (Å²) in [6.07, 6.45) is 3.20. The molecule has 0 saturated heterocycles. The molecule has 7 nitrogen and oxygen atoms in total. The number of hydrogen-bond acceptors (Lipinski definition) is 6. The van der Waals surface area contributed by atoms with Crippen LogP contribution in [0.5, 0.6) is 11.5 Å². The number of carbonyl (C=O) groups excluding carboxylic acids is 2. The Balaban J connectivity index is 1.95. The molecule has 0 aliphatic carbocycles. The number of pyridine rings is 1. The van der Waals surface area contributed by atoms with Crippen molar-refractivity contribution in [3.63, 3.8) is 0 Å². The minimum Gasteiger partial charge on any atom is -0.493 e. The fourth-order valence-corrected chi connectivity index (χ4v) is 3.03. The average Bonchev–Trinajstić information content (AvgIpc) is 2.83. The summed E-state index contributed by atoms with van der Waals surface area (Å²) in [6, 6.07) is 17.7. The summed E-state index contributed by atoms with van der Waals surface area (Å²) in [5, 5.41) is 2.77. The van der Waals surface area contributed by atoms with Crippen molar-refractivity contribution in [3.8, 4) is 11.5 Å². The molecule has 3 aromatic rings. The number of hydrogen-bond donors (Lipinski definition) is 1. The number of rotatable bonds is 8. The molecule has 1 aromatic heterocycles. The van der Waals surface area contributed by atoms with Crippen molar-refractivity contribution in [1.29, 1.82) is 0 Å². The zero-order valence-electron chi connectivity index (χ0n) is 18.1. The summed E-state index contributed by atoms with van der Waals surface area (Å²) in [6.45, 7) is 1.99. The third-order valence-electron chi connectivity index (χ3n) is 4.56. The fraction of sp³-hybridized carbons (Fsp3) is 0.160. The van der Waals surface area contributed by atoms with Gasteiger partial charge in [-0.3, -0.25) is 4.79 Å². The SMILES string of the molecule is CCOC(=O)c1ccnc(NC(=O)/C(=C/c2ccc(OC)c(OC)c2)c2ccccc2)c1. The first-order chi connectivity index (χ1) is 15.5. The fourth-order valence-electron chi connectivity index (χ4n) is 3.03. The van der Waals surface area contributed by atoms with Crippen LogP contribution in [0.2, 0.25) is 0 Å². The molecule has 0 saturated carbocycles. The molecule has 1 N–H and O–H groups in total. The molecule has 0 aliphatic heterocycles. The predicted octanol–water partition coefficient (Wildman–Crippen LogP) is 4.45. The molecule has 1 heterocycles. The second-order valence-corrected chi connectivity index (χ2v) is 6.64. The van der Waals surface area contributed by atoms with Crippen LogP contribution >= 0.6 is 0 Å². The second kappa shape index (κ2) is 10.8. The Hall–Kier alpha value is -4.13. The minimum atomic E-state index is -0.477. The van der Waals surface area contributed by atoms with E-state index in [0.717, 1.165) is 11.1 Å². The number of anilines is 1. The number of nitrogens with one attached hydrogen (secondary N) is 1. The highest BCUT2D eigenvalue weighted by atomic mass is 16.5. The van der Waals surface area contributed by atoms with Crippen molar-refractivity contribution < 1.29 is 23.8 Å². The summed E-state index contributed by atoms with van der Waals surface area (Å²) in [4.78, 5) is 29.4. The van der Waals surface area contributed by atoms with Gasteiger partial charge in [0.05, 0.1) is 26.4 Å². The maximum absolute atomic E-state index is 13.2. The highest BCUT2D eigenvalue weighted by Crippen LogP contribution is 2.30. The number of ether oxygens (including phenoxy) is 3. The molecular weight excluding hydrogens is 408 g/mol. The molecule has 2 aromatic carbocycles. The van der Waals surface area contributed by atoms with Crippen LogP contribution in [0.1, 0.15) is 28.4 Å². The standard InChI is InChI=1S/C25H24N2O5/c1-4-32-25(29)19-12-13-26-23(16-19)27-24(28)20(18-8-6-5-7-9-18)14-17-10-11-21(30-2)22(15-17)31-3/h5-16H,4H2,1-3H3,(H,26,27,28)/b20-14+. The molecule has 164 valence electrons. The molecule has 0 bridgehead atoms. The zero-order valence-corrected chi connectivity index (χ0v) is 18.1. The van der Waals surface area contributed by atoms with Crippen LogP contribution in [-0.2, 0) is 9.53 Å². The number of carbonyl (C=O) groups is 2. The third-order valence-corrected chi connectivity index (χ3v) is 4.56. The molecule has 7 heteroatoms. The quantitative estimate of drug-likeness (QED) is 0.321. The summed E-state index contributed by atoms with van der Waals surface area (Å²) in [7, 11) is 3.12. The highest BCUT2D eigenvalue weighted by molar-refractivity contribution is 6.29. The Labute approximate surface area is 186 Å². The van der Waals surface area contributed by atoms with E-state index in [0.29, 0.717) is 22.6 Å². The van der Waals surface area contributed by atoms with Crippen LogP contribution in [0.25, 0.3) is 11.6 Å². The van der Waals surface area contributed by atoms with E-state index in [1.165, 1.54) is 18.3 Å². The van der Waals surface area contributed by atoms with Gasteiger partial charge in [-0.05, 0) is 48.4 Å². The maximum atomic E-state index is 13.2. The number of methoxy groups -OCH3 is 2. The number of aromatic nitrogens is 1. The molecule has 0 unspecified atom stereocenters. The average molecular weight is 432 g/mol. The van der Waals surface area contributed by atoms with Crippen LogP contribution in [0, 0.1) is 0 Å². The first-order valence-electron chi connectivity index (χ1n) is 9.99. The van der Waals surface area contributed by atoms with Gasteiger partial charge in [-0.2, -0.15) is 0 Å². The third kappa shape index (κ3) is 5.51. The van der Waals surface area contributed by atoms with Crippen LogP contribution < -0.4 is 14.8 Å². The molecule has 1 amide bonds. The van der Waals surface area contributed by atoms with Gasteiger partial charge in [-0.15, -0.1) is 0 Å². The number of esters is 1. The Morgan fingerprint density at radius 2 is 1.69 bits per heavy atom. The summed E-state index contributed by atoms with van der Waals surface area (Å²) in [5.74, 6) is 0.539. The van der Waals surface area contributed by atoms with E-state index in [9.17, 15) is 9.59 Å². The topological polar surface area (TPSA) is 86.8 Å². The van der Waals surface area contributed by atoms with Gasteiger partial charge in [0.2, 0.25) is 0 Å². The van der Waals surface area contributed by atoms with Gasteiger partial charge < -0.3 is 19.5 Å². The van der Waals surface area contributed by atoms with Crippen molar-refractivity contribution in [3.05, 3.63) is 83.6 Å². The monoisotopic (exact) mass is 432 g/mol. The Bertz CT molecular complexity index is 1130. The van der Waals surface area contributed by atoms with E-state index in [1.807, 2.05) is 36.4 Å². The number of benzene rings is 2. The molecule has 0 radical (unpaired) electrons. The van der Waals surface area contributed by atoms with Gasteiger partial charge in [0.25, 0.3) is 5.91 Å². The van der Waals surface area contributed by atoms with Crippen molar-refractivity contribution in [2.24, 2.45) is 0 Å². The Morgan fingerprint density at radius 1 is 0.938 bits per heavy atom. The van der Waals surface area contributed by atoms with Gasteiger partial charge >= 0.3 is 5.97 Å². The van der Waals surface area contributed by atoms with E-state index >= 15 is 0 Å². The van der Waals surface area contributed by atoms with E-state index in [2.05, 4.69) is 10.3 Å². The van der Waals surface area contributed by atoms with E-state index < -0.39 is 5.97 Å². The van der Waals surface area contributed by atoms with Crippen LogP contribution in [0.4, 0.5) is 5.82 Å². The van der Waals surface area contributed by atoms with Gasteiger partial charge in [0.1, 0.15) is 5.82 Å². The van der Waals surface area contributed by atoms with Gasteiger partial charge in [0, 0.05) is 11.8 Å². The lowest BCUT2D eigenvalue weighted by Crippen LogP contribution is -2.15. The molecule has 3 rings (SSSR count). The molecule has 0 aliphatic rings. The molecule has 32 heavy (non-hydrogen) atoms. The largest absolute Gasteiger partial charge is 0.493 e. The van der Waals surface area contributed by atoms with E-state index in [-0.39, 0.29) is 18.3 Å². The van der Waals surface area contributed by atoms with Crippen molar-refractivity contribution >= 4 is 29.3 Å². The van der Waals surface area contributed by atoms with Gasteiger partial charge in [-0.25, -0.2) is 9.78 Å². The van der Waals surface area contributed by atoms with Crippen LogP contribution in [0.15, 0.2) is 66.9 Å². The normalized spacial score (nSPS) is 10.9. The van der Waals surface area contributed by atoms with Crippen molar-refractivity contribution in [1.82, 2.24) is 4.98 Å². The van der Waals surface area contributed by atoms with E-state index in [1.54, 1.807) is 39.4 Å². The van der Waals surface area contributed by atoms with E-state index in [4.69, 9.17) is 14.2 Å². The Morgan fingerprint density at radius 3 is 2.38 bits per heavy atom. The zero-order chi connectivity index (χ0) is 22.9. The summed E-state index contributed by atoms with van der Waals surface area (Å²) >= 11 is 0. The molecular formula is C25H24N2O5. The minimum absolute atomic E-state index is 0.245. The molecule has 0 fully saturated rings. The van der Waals surface area contributed by atoms with Crippen LogP contribution in [0.3, 0.4) is 0 Å². The predicted molar refractivity (Wildman–Crippen MR) is 123 cm³/mol. The Kier molecular flexibility index (Phi) is 7.59. The number of amides is 1. The summed E-state index contributed by atoms with van der Waals surface area (Å²) < 4.78 is 15.7. The smallest absolute Gasteiger partial charge is 0.338 e. The first kappa shape index (κ1) is 22.6. The highest BCUT2D eigenvalue weighted by Gasteiger charge is 2.15. The van der Waals surface area contributed by atoms with Crippen molar-refractivity contribution in [2.45, 2.75) is 6.92 Å². The van der Waals surface area contributed by atoms with Gasteiger partial charge in [0.15, 0.2) is 11.5 Å². The maximum Gasteiger partial charge on any atom is 0.338 e. The van der Waals surface area contributed by atoms with Gasteiger partial charge in [-0.1, -0.05) is 36.4 Å². The number of nitrogens with zero attached hydrogens (tertiary/aromatic N) is 1. The van der Waals surface area contributed by atoms with Crippen molar-refractivity contribution in [2.75, 3.05) is 26.1 Å². The lowest BCUT2D eigenvalue weighted by molar-refractivity contribution is -0.111. The van der Waals surface area contributed by atoms with Crippen LogP contribution in [-0.4, -0.2) is 37.7 Å². The summed E-state index contributed by atoms with van der Waals surface area (Å²) in [5.41, 5.74) is 2.20. The lowest BCUT2D eigenvalue weighted by Gasteiger charge is -2.11.